The van der Waals surface area contributed by atoms with E-state index in [1.54, 1.807) is 19.3 Å². The van der Waals surface area contributed by atoms with E-state index >= 15 is 0 Å². The van der Waals surface area contributed by atoms with Gasteiger partial charge in [-0.15, -0.1) is 0 Å². The maximum absolute atomic E-state index is 14.2. The maximum atomic E-state index is 14.2. The molecule has 1 heterocycles. The lowest BCUT2D eigenvalue weighted by atomic mass is 9.62. The van der Waals surface area contributed by atoms with Crippen molar-refractivity contribution in [3.8, 4) is 0 Å². The van der Waals surface area contributed by atoms with Crippen LogP contribution in [0.2, 0.25) is 0 Å². The third kappa shape index (κ3) is 2.62. The molecular weight excluding hydrogens is 398 g/mol. The summed E-state index contributed by atoms with van der Waals surface area (Å²) in [6.07, 6.45) is 7.15. The van der Waals surface area contributed by atoms with Crippen molar-refractivity contribution in [2.45, 2.75) is 20.8 Å². The number of hydrogen-bond donors (Lipinski definition) is 0. The fourth-order valence-corrected chi connectivity index (χ4v) is 6.10. The van der Waals surface area contributed by atoms with E-state index in [4.69, 9.17) is 4.74 Å². The second kappa shape index (κ2) is 7.33. The lowest BCUT2D eigenvalue weighted by Gasteiger charge is -2.39. The molecule has 5 rings (SSSR count). The number of fused-ring (bicyclic) bond motifs is 5. The molecule has 4 unspecified atom stereocenters. The summed E-state index contributed by atoms with van der Waals surface area (Å²) in [6.45, 7) is 6.26. The van der Waals surface area contributed by atoms with Gasteiger partial charge in [0, 0.05) is 24.2 Å². The molecular formula is C28H27NO3. The van der Waals surface area contributed by atoms with Gasteiger partial charge in [0.15, 0.2) is 5.78 Å². The Balaban J connectivity index is 1.74. The van der Waals surface area contributed by atoms with Crippen molar-refractivity contribution in [2.75, 3.05) is 6.61 Å². The van der Waals surface area contributed by atoms with E-state index in [2.05, 4.69) is 38.1 Å². The molecule has 0 saturated heterocycles. The number of carbonyl (C=O) groups is 2. The molecule has 0 aromatic heterocycles. The van der Waals surface area contributed by atoms with Crippen LogP contribution in [-0.4, -0.2) is 23.4 Å². The van der Waals surface area contributed by atoms with E-state index in [1.807, 2.05) is 48.6 Å². The van der Waals surface area contributed by atoms with E-state index in [9.17, 15) is 9.59 Å². The van der Waals surface area contributed by atoms with Crippen molar-refractivity contribution >= 4 is 23.0 Å². The van der Waals surface area contributed by atoms with Crippen molar-refractivity contribution in [1.29, 1.82) is 0 Å². The van der Waals surface area contributed by atoms with Crippen LogP contribution in [0.1, 0.15) is 31.9 Å². The molecule has 1 fully saturated rings. The lowest BCUT2D eigenvalue weighted by Crippen LogP contribution is -2.31. The molecule has 2 aromatic rings. The van der Waals surface area contributed by atoms with Gasteiger partial charge in [0.2, 0.25) is 0 Å². The molecule has 1 aliphatic heterocycles. The van der Waals surface area contributed by atoms with Crippen LogP contribution in [0, 0.1) is 22.7 Å². The fourth-order valence-electron chi connectivity index (χ4n) is 6.10. The smallest absolute Gasteiger partial charge is 0.417 e. The molecule has 32 heavy (non-hydrogen) atoms. The number of ketones is 1. The monoisotopic (exact) mass is 425 g/mol. The van der Waals surface area contributed by atoms with Gasteiger partial charge in [-0.05, 0) is 43.0 Å². The summed E-state index contributed by atoms with van der Waals surface area (Å²) >= 11 is 0. The Morgan fingerprint density at radius 3 is 1.69 bits per heavy atom. The molecule has 3 aliphatic rings. The zero-order chi connectivity index (χ0) is 22.5. The summed E-state index contributed by atoms with van der Waals surface area (Å²) in [5.41, 5.74) is 2.96. The third-order valence-corrected chi connectivity index (χ3v) is 7.46. The summed E-state index contributed by atoms with van der Waals surface area (Å²) in [7, 11) is 0. The normalized spacial score (nSPS) is 30.5. The van der Waals surface area contributed by atoms with Crippen LogP contribution in [0.5, 0.6) is 0 Å². The third-order valence-electron chi connectivity index (χ3n) is 7.46. The lowest BCUT2D eigenvalue weighted by molar-refractivity contribution is -0.127. The minimum absolute atomic E-state index is 0.0571. The molecule has 162 valence electrons. The van der Waals surface area contributed by atoms with E-state index in [-0.39, 0.29) is 17.6 Å². The zero-order valence-electron chi connectivity index (χ0n) is 18.6. The predicted molar refractivity (Wildman–Crippen MR) is 125 cm³/mol. The summed E-state index contributed by atoms with van der Waals surface area (Å²) in [4.78, 5) is 28.0. The molecule has 2 bridgehead atoms. The Morgan fingerprint density at radius 2 is 1.28 bits per heavy atom. The van der Waals surface area contributed by atoms with Crippen LogP contribution in [0.25, 0.3) is 11.1 Å². The highest BCUT2D eigenvalue weighted by molar-refractivity contribution is 6.23. The van der Waals surface area contributed by atoms with Gasteiger partial charge in [-0.2, -0.15) is 0 Å². The Kier molecular flexibility index (Phi) is 4.70. The Bertz CT molecular complexity index is 1080. The molecule has 1 saturated carbocycles. The summed E-state index contributed by atoms with van der Waals surface area (Å²) < 4.78 is 5.19. The van der Waals surface area contributed by atoms with Gasteiger partial charge >= 0.3 is 6.09 Å². The molecule has 2 aliphatic carbocycles. The highest BCUT2D eigenvalue weighted by atomic mass is 16.5. The molecule has 4 heteroatoms. The van der Waals surface area contributed by atoms with Crippen LogP contribution in [0.3, 0.4) is 0 Å². The Labute approximate surface area is 188 Å². The van der Waals surface area contributed by atoms with E-state index in [0.717, 1.165) is 22.3 Å². The number of benzene rings is 2. The van der Waals surface area contributed by atoms with Gasteiger partial charge in [-0.3, -0.25) is 9.69 Å². The van der Waals surface area contributed by atoms with Gasteiger partial charge in [-0.1, -0.05) is 72.8 Å². The Hall–Kier alpha value is -3.40. The van der Waals surface area contributed by atoms with E-state index < -0.39 is 16.9 Å². The molecule has 0 spiro atoms. The highest BCUT2D eigenvalue weighted by Gasteiger charge is 2.70. The van der Waals surface area contributed by atoms with Crippen LogP contribution in [-0.2, 0) is 9.53 Å². The average molecular weight is 426 g/mol. The Morgan fingerprint density at radius 1 is 0.844 bits per heavy atom. The molecule has 4 nitrogen and oxygen atoms in total. The molecule has 0 N–H and O–H groups in total. The van der Waals surface area contributed by atoms with Crippen molar-refractivity contribution in [1.82, 2.24) is 4.90 Å². The minimum Gasteiger partial charge on any atom is -0.449 e. The topological polar surface area (TPSA) is 46.6 Å². The fraction of sp³-hybridized carbons (Fsp3) is 0.286. The first-order valence-corrected chi connectivity index (χ1v) is 11.2. The summed E-state index contributed by atoms with van der Waals surface area (Å²) in [6, 6.07) is 20.5. The van der Waals surface area contributed by atoms with E-state index in [0.29, 0.717) is 6.61 Å². The number of carbonyl (C=O) groups excluding carboxylic acids is 2. The first-order chi connectivity index (χ1) is 15.4. The van der Waals surface area contributed by atoms with Crippen LogP contribution in [0.15, 0.2) is 85.2 Å². The van der Waals surface area contributed by atoms with Crippen LogP contribution >= 0.6 is 0 Å². The van der Waals surface area contributed by atoms with Gasteiger partial charge in [-0.25, -0.2) is 4.79 Å². The zero-order valence-corrected chi connectivity index (χ0v) is 18.6. The maximum Gasteiger partial charge on any atom is 0.417 e. The number of rotatable bonds is 3. The highest BCUT2D eigenvalue weighted by Crippen LogP contribution is 2.72. The van der Waals surface area contributed by atoms with Crippen molar-refractivity contribution < 1.29 is 14.3 Å². The molecule has 4 atom stereocenters. The SMILES string of the molecule is CCOC(=O)N1C=CC2C(C=C1)C1(C)C(=O)C2(C)C(c2ccccc2)=C1c1ccccc1. The van der Waals surface area contributed by atoms with Crippen LogP contribution in [0.4, 0.5) is 4.79 Å². The van der Waals surface area contributed by atoms with Gasteiger partial charge in [0.25, 0.3) is 0 Å². The number of hydrogen-bond acceptors (Lipinski definition) is 3. The first-order valence-electron chi connectivity index (χ1n) is 11.2. The van der Waals surface area contributed by atoms with Crippen molar-refractivity contribution in [3.63, 3.8) is 0 Å². The molecule has 1 amide bonds. The first kappa shape index (κ1) is 20.5. The van der Waals surface area contributed by atoms with Gasteiger partial charge in [0.05, 0.1) is 17.4 Å². The molecule has 0 radical (unpaired) electrons. The average Bonchev–Trinajstić information content (AvgIpc) is 3.01. The number of Topliss-reactive ketones (excluding diaryl/α,β-unsaturated/α-hetero) is 1. The summed E-state index contributed by atoms with van der Waals surface area (Å²) in [5, 5.41) is 0. The second-order valence-corrected chi connectivity index (χ2v) is 9.06. The standard InChI is InChI=1S/C28H27NO3/c1-4-32-26(31)29-17-15-21-22(16-18-29)28(3)24(20-13-9-6-10-14-20)23(27(21,2)25(28)30)19-11-7-5-8-12-19/h5-18,21-22H,4H2,1-3H3. The quantitative estimate of drug-likeness (QED) is 0.612. The minimum atomic E-state index is -0.697. The summed E-state index contributed by atoms with van der Waals surface area (Å²) in [5.74, 6) is 0.133. The predicted octanol–water partition coefficient (Wildman–Crippen LogP) is 5.94. The number of allylic oxidation sites excluding steroid dienone is 4. The van der Waals surface area contributed by atoms with Crippen LogP contribution < -0.4 is 0 Å². The van der Waals surface area contributed by atoms with Crippen molar-refractivity contribution in [2.24, 2.45) is 22.7 Å². The van der Waals surface area contributed by atoms with Gasteiger partial charge in [0.1, 0.15) is 0 Å². The largest absolute Gasteiger partial charge is 0.449 e. The van der Waals surface area contributed by atoms with Gasteiger partial charge < -0.3 is 4.74 Å². The van der Waals surface area contributed by atoms with E-state index in [1.165, 1.54) is 4.90 Å². The van der Waals surface area contributed by atoms with Crippen molar-refractivity contribution in [3.05, 3.63) is 96.3 Å². The number of amides is 1. The molecule has 2 aromatic carbocycles. The number of ether oxygens (including phenoxy) is 1. The number of nitrogens with zero attached hydrogens (tertiary/aromatic N) is 1. The second-order valence-electron chi connectivity index (χ2n) is 9.06.